The smallest absolute Gasteiger partial charge is 0.180 e. The first-order valence-electron chi connectivity index (χ1n) is 9.13. The molecule has 2 aromatic heterocycles. The number of aromatic nitrogens is 3. The van der Waals surface area contributed by atoms with Crippen molar-refractivity contribution in [3.63, 3.8) is 0 Å². The van der Waals surface area contributed by atoms with E-state index < -0.39 is 15.1 Å². The molecule has 0 saturated carbocycles. The van der Waals surface area contributed by atoms with Gasteiger partial charge in [0.2, 0.25) is 0 Å². The van der Waals surface area contributed by atoms with Crippen LogP contribution in [0.1, 0.15) is 19.4 Å². The number of H-pyrrole nitrogens is 1. The Kier molecular flexibility index (Phi) is 5.83. The number of halogens is 1. The monoisotopic (exact) mass is 414 g/mol. The number of nitrogens with one attached hydrogen (secondary N) is 2. The number of anilines is 1. The number of aryl methyl sites for hydroxylation is 1. The van der Waals surface area contributed by atoms with Crippen molar-refractivity contribution >= 4 is 37.3 Å². The molecule has 0 radical (unpaired) electrons. The van der Waals surface area contributed by atoms with Gasteiger partial charge in [-0.1, -0.05) is 0 Å². The first kappa shape index (κ1) is 20.7. The van der Waals surface area contributed by atoms with E-state index in [1.165, 1.54) is 12.1 Å². The molecule has 2 aromatic carbocycles. The van der Waals surface area contributed by atoms with Crippen molar-refractivity contribution in [3.05, 3.63) is 60.2 Å². The second kappa shape index (κ2) is 8.16. The average molecular weight is 415 g/mol. The van der Waals surface area contributed by atoms with Crippen LogP contribution in [-0.4, -0.2) is 35.9 Å². The highest BCUT2D eigenvalue weighted by molar-refractivity contribution is 7.92. The quantitative estimate of drug-likeness (QED) is 0.516. The minimum atomic E-state index is -3.28. The standard InChI is InChI=1S/C14H18N2O2S.C7H5FN2/c1-9(2)19(17,18)14-8-11-12(15-4)5-6-16-13(11)7-10(14)3;8-6-1-2-7-5(3-6)4-9-10-7/h5-9H,1-4H3,(H,15,16);1-4H,(H,9,10). The molecule has 4 aromatic rings. The molecule has 8 heteroatoms. The van der Waals surface area contributed by atoms with E-state index in [2.05, 4.69) is 20.5 Å². The number of benzene rings is 2. The molecule has 2 N–H and O–H groups in total. The highest BCUT2D eigenvalue weighted by Gasteiger charge is 2.22. The van der Waals surface area contributed by atoms with Crippen LogP contribution in [-0.2, 0) is 9.84 Å². The summed E-state index contributed by atoms with van der Waals surface area (Å²) in [4.78, 5) is 4.67. The van der Waals surface area contributed by atoms with Gasteiger partial charge in [-0.25, -0.2) is 12.8 Å². The van der Waals surface area contributed by atoms with E-state index >= 15 is 0 Å². The fraction of sp³-hybridized carbons (Fsp3) is 0.238. The van der Waals surface area contributed by atoms with E-state index in [0.717, 1.165) is 33.1 Å². The van der Waals surface area contributed by atoms with E-state index in [9.17, 15) is 12.8 Å². The number of sulfone groups is 1. The lowest BCUT2D eigenvalue weighted by Gasteiger charge is -2.13. The zero-order valence-electron chi connectivity index (χ0n) is 16.7. The summed E-state index contributed by atoms with van der Waals surface area (Å²) < 4.78 is 37.2. The SMILES string of the molecule is CNc1ccnc2cc(C)c(S(=O)(=O)C(C)C)cc12.Fc1ccc2[nH]ncc2c1. The molecule has 0 bridgehead atoms. The van der Waals surface area contributed by atoms with E-state index in [1.807, 2.05) is 26.1 Å². The first-order chi connectivity index (χ1) is 13.7. The van der Waals surface area contributed by atoms with Crippen LogP contribution in [0.4, 0.5) is 10.1 Å². The Morgan fingerprint density at radius 1 is 1.14 bits per heavy atom. The number of aromatic amines is 1. The fourth-order valence-electron chi connectivity index (χ4n) is 2.97. The number of hydrogen-bond donors (Lipinski definition) is 2. The molecular formula is C21H23FN4O2S. The maximum absolute atomic E-state index is 12.5. The van der Waals surface area contributed by atoms with Gasteiger partial charge < -0.3 is 5.32 Å². The van der Waals surface area contributed by atoms with Gasteiger partial charge in [-0.15, -0.1) is 0 Å². The van der Waals surface area contributed by atoms with Gasteiger partial charge in [0.05, 0.1) is 27.4 Å². The average Bonchev–Trinajstić information content (AvgIpc) is 3.14. The third-order valence-corrected chi connectivity index (χ3v) is 6.93. The Balaban J connectivity index is 0.000000200. The lowest BCUT2D eigenvalue weighted by atomic mass is 10.1. The van der Waals surface area contributed by atoms with Crippen molar-refractivity contribution < 1.29 is 12.8 Å². The predicted molar refractivity (Wildman–Crippen MR) is 114 cm³/mol. The van der Waals surface area contributed by atoms with Gasteiger partial charge in [0.1, 0.15) is 5.82 Å². The van der Waals surface area contributed by atoms with Gasteiger partial charge in [0.15, 0.2) is 9.84 Å². The van der Waals surface area contributed by atoms with E-state index in [4.69, 9.17) is 0 Å². The van der Waals surface area contributed by atoms with Crippen molar-refractivity contribution in [2.45, 2.75) is 30.9 Å². The summed E-state index contributed by atoms with van der Waals surface area (Å²) in [5.41, 5.74) is 3.28. The minimum absolute atomic E-state index is 0.228. The molecule has 0 amide bonds. The lowest BCUT2D eigenvalue weighted by Crippen LogP contribution is -2.15. The van der Waals surface area contributed by atoms with E-state index in [-0.39, 0.29) is 5.82 Å². The topological polar surface area (TPSA) is 87.7 Å². The van der Waals surface area contributed by atoms with Gasteiger partial charge in [-0.3, -0.25) is 10.1 Å². The molecule has 0 saturated heterocycles. The third-order valence-electron chi connectivity index (χ3n) is 4.64. The van der Waals surface area contributed by atoms with Crippen LogP contribution in [0.2, 0.25) is 0 Å². The van der Waals surface area contributed by atoms with Crippen molar-refractivity contribution in [2.24, 2.45) is 0 Å². The second-order valence-corrected chi connectivity index (χ2v) is 9.41. The van der Waals surface area contributed by atoms with Gasteiger partial charge in [-0.05, 0) is 62.7 Å². The molecular weight excluding hydrogens is 391 g/mol. The molecule has 0 aliphatic heterocycles. The van der Waals surface area contributed by atoms with Crippen LogP contribution in [0.25, 0.3) is 21.8 Å². The van der Waals surface area contributed by atoms with Crippen molar-refractivity contribution in [3.8, 4) is 0 Å². The van der Waals surface area contributed by atoms with Gasteiger partial charge in [-0.2, -0.15) is 5.10 Å². The predicted octanol–water partition coefficient (Wildman–Crippen LogP) is 4.47. The number of pyridine rings is 1. The summed E-state index contributed by atoms with van der Waals surface area (Å²) in [6.45, 7) is 5.20. The van der Waals surface area contributed by atoms with Crippen LogP contribution in [0.5, 0.6) is 0 Å². The zero-order valence-corrected chi connectivity index (χ0v) is 17.5. The zero-order chi connectivity index (χ0) is 21.2. The highest BCUT2D eigenvalue weighted by atomic mass is 32.2. The van der Waals surface area contributed by atoms with Crippen LogP contribution >= 0.6 is 0 Å². The number of nitrogens with zero attached hydrogens (tertiary/aromatic N) is 2. The lowest BCUT2D eigenvalue weighted by molar-refractivity contribution is 0.587. The largest absolute Gasteiger partial charge is 0.388 e. The van der Waals surface area contributed by atoms with Crippen molar-refractivity contribution in [1.82, 2.24) is 15.2 Å². The summed E-state index contributed by atoms with van der Waals surface area (Å²) in [7, 11) is -1.47. The van der Waals surface area contributed by atoms with E-state index in [0.29, 0.717) is 4.90 Å². The number of hydrogen-bond acceptors (Lipinski definition) is 5. The molecule has 6 nitrogen and oxygen atoms in total. The Bertz CT molecular complexity index is 1270. The van der Waals surface area contributed by atoms with E-state index in [1.54, 1.807) is 38.4 Å². The van der Waals surface area contributed by atoms with Crippen molar-refractivity contribution in [2.75, 3.05) is 12.4 Å². The van der Waals surface area contributed by atoms with Crippen molar-refractivity contribution in [1.29, 1.82) is 0 Å². The summed E-state index contributed by atoms with van der Waals surface area (Å²) in [5.74, 6) is -0.228. The minimum Gasteiger partial charge on any atom is -0.388 e. The number of rotatable bonds is 3. The molecule has 2 heterocycles. The fourth-order valence-corrected chi connectivity index (χ4v) is 4.27. The summed E-state index contributed by atoms with van der Waals surface area (Å²) >= 11 is 0. The molecule has 0 unspecified atom stereocenters. The molecule has 4 rings (SSSR count). The normalized spacial score (nSPS) is 11.5. The van der Waals surface area contributed by atoms with Gasteiger partial charge >= 0.3 is 0 Å². The Morgan fingerprint density at radius 3 is 2.59 bits per heavy atom. The Morgan fingerprint density at radius 2 is 1.90 bits per heavy atom. The number of fused-ring (bicyclic) bond motifs is 2. The Hall–Kier alpha value is -3.00. The molecule has 0 atom stereocenters. The molecule has 0 spiro atoms. The third kappa shape index (κ3) is 4.22. The highest BCUT2D eigenvalue weighted by Crippen LogP contribution is 2.29. The second-order valence-electron chi connectivity index (χ2n) is 6.94. The van der Waals surface area contributed by atoms with Crippen LogP contribution in [0, 0.1) is 12.7 Å². The summed E-state index contributed by atoms with van der Waals surface area (Å²) in [6.07, 6.45) is 3.31. The van der Waals surface area contributed by atoms with Crippen LogP contribution in [0.15, 0.2) is 53.7 Å². The maximum atomic E-state index is 12.5. The summed E-state index contributed by atoms with van der Waals surface area (Å²) in [5, 5.41) is 10.7. The maximum Gasteiger partial charge on any atom is 0.180 e. The van der Waals surface area contributed by atoms with Gasteiger partial charge in [0.25, 0.3) is 0 Å². The first-order valence-corrected chi connectivity index (χ1v) is 10.7. The molecule has 0 aliphatic rings. The van der Waals surface area contributed by atoms with Crippen LogP contribution in [0.3, 0.4) is 0 Å². The summed E-state index contributed by atoms with van der Waals surface area (Å²) in [6, 6.07) is 9.89. The Labute approximate surface area is 169 Å². The molecule has 0 fully saturated rings. The molecule has 29 heavy (non-hydrogen) atoms. The molecule has 152 valence electrons. The molecule has 0 aliphatic carbocycles. The van der Waals surface area contributed by atoms with Crippen LogP contribution < -0.4 is 5.32 Å². The van der Waals surface area contributed by atoms with Gasteiger partial charge in [0, 0.05) is 29.7 Å².